The molecule has 0 saturated carbocycles. The molecule has 1 heterocycles. The highest BCUT2D eigenvalue weighted by Gasteiger charge is 2.30. The summed E-state index contributed by atoms with van der Waals surface area (Å²) in [5.41, 5.74) is 1.14. The SMILES string of the molecule is CN=C(NCc1cccc(C(=O)NCc2ccco2)c1)NCc1cccc(C(F)(F)F)c1. The summed E-state index contributed by atoms with van der Waals surface area (Å²) in [6, 6.07) is 15.7. The van der Waals surface area contributed by atoms with Crippen LogP contribution in [0.4, 0.5) is 13.2 Å². The van der Waals surface area contributed by atoms with Crippen molar-refractivity contribution in [1.29, 1.82) is 0 Å². The first kappa shape index (κ1) is 22.9. The number of hydrogen-bond acceptors (Lipinski definition) is 3. The number of benzene rings is 2. The van der Waals surface area contributed by atoms with Crippen LogP contribution >= 0.6 is 0 Å². The van der Waals surface area contributed by atoms with Gasteiger partial charge in [-0.05, 0) is 47.5 Å². The first-order valence-corrected chi connectivity index (χ1v) is 9.85. The van der Waals surface area contributed by atoms with E-state index in [-0.39, 0.29) is 12.5 Å². The molecule has 0 fully saturated rings. The van der Waals surface area contributed by atoms with E-state index >= 15 is 0 Å². The molecule has 0 aliphatic rings. The van der Waals surface area contributed by atoms with Crippen molar-refractivity contribution in [2.75, 3.05) is 7.05 Å². The Kier molecular flexibility index (Phi) is 7.54. The molecule has 9 heteroatoms. The van der Waals surface area contributed by atoms with Crippen LogP contribution in [0.5, 0.6) is 0 Å². The molecular formula is C23H23F3N4O2. The minimum atomic E-state index is -4.38. The van der Waals surface area contributed by atoms with Crippen LogP contribution in [0.1, 0.15) is 32.8 Å². The molecule has 168 valence electrons. The Balaban J connectivity index is 1.52. The van der Waals surface area contributed by atoms with E-state index in [1.165, 1.54) is 6.07 Å². The highest BCUT2D eigenvalue weighted by atomic mass is 19.4. The van der Waals surface area contributed by atoms with Gasteiger partial charge in [-0.3, -0.25) is 9.79 Å². The van der Waals surface area contributed by atoms with Gasteiger partial charge in [0.1, 0.15) is 5.76 Å². The van der Waals surface area contributed by atoms with E-state index in [0.29, 0.717) is 35.9 Å². The van der Waals surface area contributed by atoms with Gasteiger partial charge in [0, 0.05) is 25.7 Å². The number of carbonyl (C=O) groups excluding carboxylic acids is 1. The molecule has 6 nitrogen and oxygen atoms in total. The number of furan rings is 1. The van der Waals surface area contributed by atoms with Gasteiger partial charge in [-0.15, -0.1) is 0 Å². The predicted octanol–water partition coefficient (Wildman–Crippen LogP) is 4.09. The third-order valence-corrected chi connectivity index (χ3v) is 4.59. The maximum atomic E-state index is 12.9. The zero-order valence-corrected chi connectivity index (χ0v) is 17.4. The van der Waals surface area contributed by atoms with Crippen molar-refractivity contribution < 1.29 is 22.4 Å². The van der Waals surface area contributed by atoms with Crippen molar-refractivity contribution in [3.05, 3.63) is 94.9 Å². The second kappa shape index (κ2) is 10.5. The average Bonchev–Trinajstić information content (AvgIpc) is 3.31. The van der Waals surface area contributed by atoms with Crippen molar-refractivity contribution in [2.45, 2.75) is 25.8 Å². The van der Waals surface area contributed by atoms with Gasteiger partial charge in [0.15, 0.2) is 5.96 Å². The Morgan fingerprint density at radius 3 is 2.22 bits per heavy atom. The first-order valence-electron chi connectivity index (χ1n) is 9.85. The van der Waals surface area contributed by atoms with Crippen LogP contribution in [-0.2, 0) is 25.8 Å². The van der Waals surface area contributed by atoms with Gasteiger partial charge >= 0.3 is 6.18 Å². The van der Waals surface area contributed by atoms with Gasteiger partial charge < -0.3 is 20.4 Å². The normalized spacial score (nSPS) is 11.8. The average molecular weight is 444 g/mol. The van der Waals surface area contributed by atoms with Crippen LogP contribution in [0.25, 0.3) is 0 Å². The van der Waals surface area contributed by atoms with Crippen molar-refractivity contribution in [3.63, 3.8) is 0 Å². The maximum absolute atomic E-state index is 12.9. The molecule has 0 spiro atoms. The lowest BCUT2D eigenvalue weighted by Crippen LogP contribution is -2.36. The zero-order valence-electron chi connectivity index (χ0n) is 17.4. The number of nitrogens with zero attached hydrogens (tertiary/aromatic N) is 1. The van der Waals surface area contributed by atoms with E-state index in [9.17, 15) is 18.0 Å². The number of rotatable bonds is 7. The largest absolute Gasteiger partial charge is 0.467 e. The molecule has 0 unspecified atom stereocenters. The molecule has 0 saturated heterocycles. The Morgan fingerprint density at radius 1 is 0.906 bits per heavy atom. The Hall–Kier alpha value is -3.75. The lowest BCUT2D eigenvalue weighted by molar-refractivity contribution is -0.137. The summed E-state index contributed by atoms with van der Waals surface area (Å²) in [6.07, 6.45) is -2.84. The molecule has 0 aliphatic heterocycles. The van der Waals surface area contributed by atoms with Crippen LogP contribution < -0.4 is 16.0 Å². The fourth-order valence-corrected chi connectivity index (χ4v) is 2.95. The molecule has 3 rings (SSSR count). The van der Waals surface area contributed by atoms with Crippen LogP contribution in [-0.4, -0.2) is 18.9 Å². The summed E-state index contributed by atoms with van der Waals surface area (Å²) >= 11 is 0. The van der Waals surface area contributed by atoms with E-state index in [1.807, 2.05) is 6.07 Å². The number of aliphatic imine (C=N–C) groups is 1. The molecular weight excluding hydrogens is 421 g/mol. The first-order chi connectivity index (χ1) is 15.3. The lowest BCUT2D eigenvalue weighted by atomic mass is 10.1. The van der Waals surface area contributed by atoms with Crippen molar-refractivity contribution in [3.8, 4) is 0 Å². The minimum absolute atomic E-state index is 0.179. The summed E-state index contributed by atoms with van der Waals surface area (Å²) in [7, 11) is 1.57. The lowest BCUT2D eigenvalue weighted by Gasteiger charge is -2.14. The summed E-state index contributed by atoms with van der Waals surface area (Å²) in [5.74, 6) is 0.859. The summed E-state index contributed by atoms with van der Waals surface area (Å²) < 4.78 is 43.8. The van der Waals surface area contributed by atoms with E-state index in [4.69, 9.17) is 4.42 Å². The molecule has 3 N–H and O–H groups in total. The van der Waals surface area contributed by atoms with Crippen LogP contribution in [0.15, 0.2) is 76.3 Å². The standard InChI is InChI=1S/C23H23F3N4O2/c1-27-22(30-14-17-6-3-8-19(12-17)23(24,25)26)29-13-16-5-2-7-18(11-16)21(31)28-15-20-9-4-10-32-20/h2-12H,13-15H2,1H3,(H,28,31)(H2,27,29,30). The zero-order chi connectivity index (χ0) is 23.0. The third-order valence-electron chi connectivity index (χ3n) is 4.59. The van der Waals surface area contributed by atoms with Crippen LogP contribution in [0.2, 0.25) is 0 Å². The molecule has 3 aromatic rings. The molecule has 0 bridgehead atoms. The number of guanidine groups is 1. The van der Waals surface area contributed by atoms with E-state index in [0.717, 1.165) is 17.7 Å². The Bertz CT molecular complexity index is 1060. The molecule has 0 aliphatic carbocycles. The van der Waals surface area contributed by atoms with Gasteiger partial charge in [0.05, 0.1) is 18.4 Å². The number of carbonyl (C=O) groups is 1. The topological polar surface area (TPSA) is 78.7 Å². The smallest absolute Gasteiger partial charge is 0.416 e. The van der Waals surface area contributed by atoms with Gasteiger partial charge in [0.2, 0.25) is 0 Å². The molecule has 2 aromatic carbocycles. The summed E-state index contributed by atoms with van der Waals surface area (Å²) in [4.78, 5) is 16.4. The predicted molar refractivity (Wildman–Crippen MR) is 115 cm³/mol. The van der Waals surface area contributed by atoms with Crippen LogP contribution in [0.3, 0.4) is 0 Å². The highest BCUT2D eigenvalue weighted by Crippen LogP contribution is 2.29. The second-order valence-electron chi connectivity index (χ2n) is 6.94. The summed E-state index contributed by atoms with van der Waals surface area (Å²) in [6.45, 7) is 0.848. The molecule has 32 heavy (non-hydrogen) atoms. The van der Waals surface area contributed by atoms with Crippen molar-refractivity contribution in [1.82, 2.24) is 16.0 Å². The number of hydrogen-bond donors (Lipinski definition) is 3. The number of alkyl halides is 3. The van der Waals surface area contributed by atoms with E-state index in [2.05, 4.69) is 20.9 Å². The van der Waals surface area contributed by atoms with Crippen LogP contribution in [0, 0.1) is 0 Å². The van der Waals surface area contributed by atoms with Crippen molar-refractivity contribution >= 4 is 11.9 Å². The maximum Gasteiger partial charge on any atom is 0.416 e. The molecule has 0 radical (unpaired) electrons. The van der Waals surface area contributed by atoms with Gasteiger partial charge in [-0.2, -0.15) is 13.2 Å². The van der Waals surface area contributed by atoms with Gasteiger partial charge in [0.25, 0.3) is 5.91 Å². The molecule has 0 atom stereocenters. The minimum Gasteiger partial charge on any atom is -0.467 e. The fourth-order valence-electron chi connectivity index (χ4n) is 2.95. The summed E-state index contributed by atoms with van der Waals surface area (Å²) in [5, 5.41) is 8.87. The van der Waals surface area contributed by atoms with E-state index < -0.39 is 11.7 Å². The van der Waals surface area contributed by atoms with Gasteiger partial charge in [-0.1, -0.05) is 24.3 Å². The Labute approximate surface area is 183 Å². The second-order valence-corrected chi connectivity index (χ2v) is 6.94. The molecule has 1 aromatic heterocycles. The molecule has 1 amide bonds. The van der Waals surface area contributed by atoms with Crippen molar-refractivity contribution in [2.24, 2.45) is 4.99 Å². The highest BCUT2D eigenvalue weighted by molar-refractivity contribution is 5.94. The van der Waals surface area contributed by atoms with Gasteiger partial charge in [-0.25, -0.2) is 0 Å². The number of amides is 1. The van der Waals surface area contributed by atoms with E-state index in [1.54, 1.807) is 49.7 Å². The third kappa shape index (κ3) is 6.63. The monoisotopic (exact) mass is 444 g/mol. The number of halogens is 3. The fraction of sp³-hybridized carbons (Fsp3) is 0.217. The number of nitrogens with one attached hydrogen (secondary N) is 3. The Morgan fingerprint density at radius 2 is 1.59 bits per heavy atom. The quantitative estimate of drug-likeness (QED) is 0.379.